The standard InChI is InChI=1S/C25H21ClN4O2/c26-23-20-24(28-15-27-23)29-16-30(20)19-11-13-25(14-12-19)31-21(17-7-3-1-4-8-17)22(32-25)18-9-5-2-6-10-18/h1-11,13,15-16,19,21-22H,12,14H2/t19-,21-,22-/m1/s1. The van der Waals surface area contributed by atoms with Crippen molar-refractivity contribution < 1.29 is 9.47 Å². The van der Waals surface area contributed by atoms with Crippen LogP contribution in [-0.2, 0) is 9.47 Å². The number of benzene rings is 2. The van der Waals surface area contributed by atoms with Crippen LogP contribution < -0.4 is 0 Å². The van der Waals surface area contributed by atoms with Crippen molar-refractivity contribution in [3.05, 3.63) is 102 Å². The van der Waals surface area contributed by atoms with E-state index < -0.39 is 5.79 Å². The normalized spacial score (nSPS) is 24.3. The Hall–Kier alpha value is -3.06. The van der Waals surface area contributed by atoms with Gasteiger partial charge in [-0.15, -0.1) is 0 Å². The monoisotopic (exact) mass is 444 g/mol. The molecule has 1 aliphatic carbocycles. The zero-order chi connectivity index (χ0) is 21.5. The molecular weight excluding hydrogens is 424 g/mol. The fourth-order valence-corrected chi connectivity index (χ4v) is 4.88. The molecule has 6 rings (SSSR count). The van der Waals surface area contributed by atoms with Gasteiger partial charge in [-0.3, -0.25) is 0 Å². The zero-order valence-corrected chi connectivity index (χ0v) is 18.0. The molecule has 2 aliphatic rings. The van der Waals surface area contributed by atoms with Crippen LogP contribution in [0.15, 0.2) is 85.5 Å². The van der Waals surface area contributed by atoms with Crippen molar-refractivity contribution in [3.8, 4) is 0 Å². The highest BCUT2D eigenvalue weighted by molar-refractivity contribution is 6.33. The highest BCUT2D eigenvalue weighted by Gasteiger charge is 2.48. The van der Waals surface area contributed by atoms with E-state index in [4.69, 9.17) is 21.1 Å². The van der Waals surface area contributed by atoms with Crippen molar-refractivity contribution in [1.29, 1.82) is 0 Å². The third kappa shape index (κ3) is 3.32. The average molecular weight is 445 g/mol. The SMILES string of the molecule is Clc1ncnc2ncn([C@@H]3C=CC4(CC3)O[C@H](c3ccccc3)[C@@H](c3ccccc3)O4)c12. The van der Waals surface area contributed by atoms with Crippen LogP contribution in [0.25, 0.3) is 11.2 Å². The van der Waals surface area contributed by atoms with Crippen LogP contribution in [0.5, 0.6) is 0 Å². The quantitative estimate of drug-likeness (QED) is 0.304. The largest absolute Gasteiger partial charge is 0.335 e. The molecular formula is C25H21ClN4O2. The highest BCUT2D eigenvalue weighted by Crippen LogP contribution is 2.51. The first-order chi connectivity index (χ1) is 15.7. The zero-order valence-electron chi connectivity index (χ0n) is 17.2. The van der Waals surface area contributed by atoms with Gasteiger partial charge in [-0.25, -0.2) is 15.0 Å². The topological polar surface area (TPSA) is 62.1 Å². The Labute approximate surface area is 190 Å². The van der Waals surface area contributed by atoms with Gasteiger partial charge in [0.1, 0.15) is 24.1 Å². The number of allylic oxidation sites excluding steroid dienone is 1. The van der Waals surface area contributed by atoms with E-state index in [1.165, 1.54) is 6.33 Å². The van der Waals surface area contributed by atoms with E-state index in [9.17, 15) is 0 Å². The minimum Gasteiger partial charge on any atom is -0.335 e. The Morgan fingerprint density at radius 1 is 0.875 bits per heavy atom. The number of aromatic nitrogens is 4. The van der Waals surface area contributed by atoms with Gasteiger partial charge in [0.15, 0.2) is 16.6 Å². The molecule has 160 valence electrons. The molecule has 7 heteroatoms. The van der Waals surface area contributed by atoms with Gasteiger partial charge in [0.25, 0.3) is 0 Å². The van der Waals surface area contributed by atoms with Crippen molar-refractivity contribution in [1.82, 2.24) is 19.5 Å². The number of ether oxygens (including phenoxy) is 2. The molecule has 2 aromatic heterocycles. The van der Waals surface area contributed by atoms with Gasteiger partial charge in [-0.1, -0.05) is 78.3 Å². The van der Waals surface area contributed by atoms with Crippen LogP contribution in [0.2, 0.25) is 5.15 Å². The van der Waals surface area contributed by atoms with Gasteiger partial charge < -0.3 is 14.0 Å². The first-order valence-electron chi connectivity index (χ1n) is 10.7. The second-order valence-electron chi connectivity index (χ2n) is 8.16. The number of nitrogens with zero attached hydrogens (tertiary/aromatic N) is 4. The van der Waals surface area contributed by atoms with E-state index in [0.717, 1.165) is 23.1 Å². The molecule has 6 nitrogen and oxygen atoms in total. The molecule has 3 atom stereocenters. The van der Waals surface area contributed by atoms with Crippen molar-refractivity contribution in [2.45, 2.75) is 36.9 Å². The summed E-state index contributed by atoms with van der Waals surface area (Å²) in [6.45, 7) is 0. The van der Waals surface area contributed by atoms with Crippen LogP contribution in [0, 0.1) is 0 Å². The smallest absolute Gasteiger partial charge is 0.189 e. The molecule has 3 heterocycles. The summed E-state index contributed by atoms with van der Waals surface area (Å²) in [6, 6.07) is 20.6. The summed E-state index contributed by atoms with van der Waals surface area (Å²) >= 11 is 6.33. The number of imidazole rings is 1. The van der Waals surface area contributed by atoms with E-state index in [2.05, 4.69) is 45.3 Å². The Bertz CT molecular complexity index is 1230. The second kappa shape index (κ2) is 7.81. The first-order valence-corrected chi connectivity index (χ1v) is 11.1. The summed E-state index contributed by atoms with van der Waals surface area (Å²) in [7, 11) is 0. The molecule has 0 unspecified atom stereocenters. The van der Waals surface area contributed by atoms with Crippen LogP contribution >= 0.6 is 11.6 Å². The summed E-state index contributed by atoms with van der Waals surface area (Å²) in [6.07, 6.45) is 8.53. The Morgan fingerprint density at radius 2 is 1.53 bits per heavy atom. The lowest BCUT2D eigenvalue weighted by Crippen LogP contribution is -2.32. The van der Waals surface area contributed by atoms with Crippen LogP contribution in [0.1, 0.15) is 42.2 Å². The number of rotatable bonds is 3. The summed E-state index contributed by atoms with van der Waals surface area (Å²) in [4.78, 5) is 12.7. The fraction of sp³-hybridized carbons (Fsp3) is 0.240. The van der Waals surface area contributed by atoms with Crippen LogP contribution in [0.3, 0.4) is 0 Å². The van der Waals surface area contributed by atoms with E-state index in [1.807, 2.05) is 47.0 Å². The number of hydrogen-bond acceptors (Lipinski definition) is 5. The Morgan fingerprint density at radius 3 is 2.12 bits per heavy atom. The maximum atomic E-state index is 6.64. The van der Waals surface area contributed by atoms with Gasteiger partial charge in [-0.2, -0.15) is 0 Å². The van der Waals surface area contributed by atoms with Gasteiger partial charge in [0.2, 0.25) is 0 Å². The molecule has 1 fully saturated rings. The van der Waals surface area contributed by atoms with Gasteiger partial charge in [0.05, 0.1) is 12.4 Å². The molecule has 32 heavy (non-hydrogen) atoms. The number of fused-ring (bicyclic) bond motifs is 1. The third-order valence-electron chi connectivity index (χ3n) is 6.22. The molecule has 0 radical (unpaired) electrons. The van der Waals surface area contributed by atoms with E-state index in [0.29, 0.717) is 17.2 Å². The van der Waals surface area contributed by atoms with Crippen molar-refractivity contribution >= 4 is 22.8 Å². The van der Waals surface area contributed by atoms with Crippen LogP contribution in [0.4, 0.5) is 0 Å². The molecule has 1 saturated heterocycles. The molecule has 0 saturated carbocycles. The Balaban J connectivity index is 1.33. The molecule has 2 aromatic carbocycles. The van der Waals surface area contributed by atoms with Gasteiger partial charge in [0, 0.05) is 6.42 Å². The maximum Gasteiger partial charge on any atom is 0.189 e. The van der Waals surface area contributed by atoms with E-state index in [1.54, 1.807) is 6.33 Å². The third-order valence-corrected chi connectivity index (χ3v) is 6.50. The lowest BCUT2D eigenvalue weighted by Gasteiger charge is -2.31. The minimum atomic E-state index is -0.770. The molecule has 1 aliphatic heterocycles. The summed E-state index contributed by atoms with van der Waals surface area (Å²) in [5, 5.41) is 0.405. The molecule has 0 amide bonds. The number of hydrogen-bond donors (Lipinski definition) is 0. The van der Waals surface area contributed by atoms with Crippen LogP contribution in [-0.4, -0.2) is 25.3 Å². The Kier molecular flexibility index (Phi) is 4.79. The minimum absolute atomic E-state index is 0.0762. The molecule has 1 spiro atoms. The van der Waals surface area contributed by atoms with Gasteiger partial charge >= 0.3 is 0 Å². The molecule has 0 N–H and O–H groups in total. The summed E-state index contributed by atoms with van der Waals surface area (Å²) in [5.41, 5.74) is 3.56. The van der Waals surface area contributed by atoms with Gasteiger partial charge in [-0.05, 0) is 23.6 Å². The lowest BCUT2D eigenvalue weighted by atomic mass is 9.97. The van der Waals surface area contributed by atoms with Crippen molar-refractivity contribution in [3.63, 3.8) is 0 Å². The van der Waals surface area contributed by atoms with E-state index in [-0.39, 0.29) is 18.2 Å². The molecule has 4 aromatic rings. The second-order valence-corrected chi connectivity index (χ2v) is 8.52. The van der Waals surface area contributed by atoms with Crippen molar-refractivity contribution in [2.24, 2.45) is 0 Å². The van der Waals surface area contributed by atoms with Crippen molar-refractivity contribution in [2.75, 3.05) is 0 Å². The fourth-order valence-electron chi connectivity index (χ4n) is 4.66. The first kappa shape index (κ1) is 19.6. The summed E-state index contributed by atoms with van der Waals surface area (Å²) in [5.74, 6) is -0.770. The molecule has 0 bridgehead atoms. The number of halogens is 1. The predicted molar refractivity (Wildman–Crippen MR) is 121 cm³/mol. The lowest BCUT2D eigenvalue weighted by molar-refractivity contribution is -0.147. The maximum absolute atomic E-state index is 6.64. The highest BCUT2D eigenvalue weighted by atomic mass is 35.5. The summed E-state index contributed by atoms with van der Waals surface area (Å²) < 4.78 is 15.3. The predicted octanol–water partition coefficient (Wildman–Crippen LogP) is 5.60. The average Bonchev–Trinajstić information content (AvgIpc) is 3.44. The van der Waals surface area contributed by atoms with E-state index >= 15 is 0 Å².